The van der Waals surface area contributed by atoms with Crippen LogP contribution in [0.1, 0.15) is 34.9 Å². The second-order valence-corrected chi connectivity index (χ2v) is 5.83. The van der Waals surface area contributed by atoms with Gasteiger partial charge in [-0.05, 0) is 39.8 Å². The maximum Gasteiger partial charge on any atom is 0.279 e. The van der Waals surface area contributed by atoms with Crippen molar-refractivity contribution in [2.75, 3.05) is 5.32 Å². The molecule has 0 radical (unpaired) electrons. The van der Waals surface area contributed by atoms with E-state index in [1.807, 2.05) is 27.7 Å². The lowest BCUT2D eigenvalue weighted by Gasteiger charge is -2.12. The minimum absolute atomic E-state index is 0.0184. The Bertz CT molecular complexity index is 603. The quantitative estimate of drug-likeness (QED) is 0.939. The Morgan fingerprint density at radius 2 is 2.15 bits per heavy atom. The number of hydrogen-bond donors (Lipinski definition) is 1. The van der Waals surface area contributed by atoms with E-state index in [9.17, 15) is 4.79 Å². The number of nitrogens with one attached hydrogen (secondary N) is 1. The number of ether oxygens (including phenoxy) is 1. The molecule has 0 spiro atoms. The zero-order valence-electron chi connectivity index (χ0n) is 11.9. The summed E-state index contributed by atoms with van der Waals surface area (Å²) in [5.74, 6) is 0.167. The second-order valence-electron chi connectivity index (χ2n) is 4.63. The molecule has 2 aromatic heterocycles. The number of nitrogens with zero attached hydrogens (tertiary/aromatic N) is 2. The molecule has 1 N–H and O–H groups in total. The molecule has 2 rings (SSSR count). The van der Waals surface area contributed by atoms with E-state index < -0.39 is 0 Å². The number of thiazole rings is 1. The lowest BCUT2D eigenvalue weighted by Crippen LogP contribution is -2.17. The first-order valence-electron chi connectivity index (χ1n) is 6.34. The van der Waals surface area contributed by atoms with Gasteiger partial charge in [0, 0.05) is 11.1 Å². The summed E-state index contributed by atoms with van der Waals surface area (Å²) >= 11 is 1.45. The van der Waals surface area contributed by atoms with E-state index in [4.69, 9.17) is 4.74 Å². The molecule has 0 aliphatic rings. The molecule has 0 saturated carbocycles. The van der Waals surface area contributed by atoms with E-state index in [2.05, 4.69) is 15.3 Å². The molecule has 2 heterocycles. The highest BCUT2D eigenvalue weighted by Gasteiger charge is 2.16. The van der Waals surface area contributed by atoms with Crippen LogP contribution in [-0.2, 0) is 0 Å². The van der Waals surface area contributed by atoms with Crippen molar-refractivity contribution in [3.63, 3.8) is 0 Å². The predicted molar refractivity (Wildman–Crippen MR) is 79.5 cm³/mol. The van der Waals surface area contributed by atoms with Crippen molar-refractivity contribution >= 4 is 22.4 Å². The lowest BCUT2D eigenvalue weighted by molar-refractivity contribution is 0.101. The molecule has 6 heteroatoms. The summed E-state index contributed by atoms with van der Waals surface area (Å²) in [6, 6.07) is 3.48. The van der Waals surface area contributed by atoms with Crippen LogP contribution in [0.25, 0.3) is 0 Å². The van der Waals surface area contributed by atoms with E-state index in [1.54, 1.807) is 18.3 Å². The van der Waals surface area contributed by atoms with Gasteiger partial charge >= 0.3 is 0 Å². The first kappa shape index (κ1) is 14.5. The van der Waals surface area contributed by atoms with Gasteiger partial charge in [0.05, 0.1) is 11.8 Å². The summed E-state index contributed by atoms with van der Waals surface area (Å²) in [7, 11) is 0. The third-order valence-electron chi connectivity index (χ3n) is 2.60. The summed E-state index contributed by atoms with van der Waals surface area (Å²) < 4.78 is 5.59. The van der Waals surface area contributed by atoms with Gasteiger partial charge in [0.25, 0.3) is 5.91 Å². The first-order chi connectivity index (χ1) is 9.47. The predicted octanol–water partition coefficient (Wildman–Crippen LogP) is 3.19. The standard InChI is InChI=1S/C14H17N3O2S/c1-8(2)19-11-6-5-7-15-12(11)13(18)17-14-16-9(3)10(4)20-14/h5-8H,1-4H3,(H,16,17,18). The van der Waals surface area contributed by atoms with E-state index in [1.165, 1.54) is 11.3 Å². The normalized spacial score (nSPS) is 10.7. The fourth-order valence-corrected chi connectivity index (χ4v) is 2.40. The number of rotatable bonds is 4. The summed E-state index contributed by atoms with van der Waals surface area (Å²) in [5, 5.41) is 3.33. The summed E-state index contributed by atoms with van der Waals surface area (Å²) in [5.41, 5.74) is 1.19. The van der Waals surface area contributed by atoms with Crippen LogP contribution in [-0.4, -0.2) is 22.0 Å². The first-order valence-corrected chi connectivity index (χ1v) is 7.16. The highest BCUT2D eigenvalue weighted by atomic mass is 32.1. The van der Waals surface area contributed by atoms with Crippen molar-refractivity contribution in [3.8, 4) is 5.75 Å². The summed E-state index contributed by atoms with van der Waals surface area (Å²) in [6.45, 7) is 7.69. The van der Waals surface area contributed by atoms with Gasteiger partial charge < -0.3 is 4.74 Å². The number of amides is 1. The molecule has 0 atom stereocenters. The molecule has 0 aliphatic carbocycles. The van der Waals surface area contributed by atoms with Crippen LogP contribution in [0.15, 0.2) is 18.3 Å². The number of carbonyl (C=O) groups excluding carboxylic acids is 1. The smallest absolute Gasteiger partial charge is 0.279 e. The van der Waals surface area contributed by atoms with Gasteiger partial charge in [0.15, 0.2) is 16.6 Å². The minimum atomic E-state index is -0.310. The van der Waals surface area contributed by atoms with Crippen LogP contribution >= 0.6 is 11.3 Å². The molecule has 1 amide bonds. The summed E-state index contributed by atoms with van der Waals surface area (Å²) in [4.78, 5) is 21.7. The molecule has 20 heavy (non-hydrogen) atoms. The molecule has 106 valence electrons. The van der Waals surface area contributed by atoms with Crippen LogP contribution in [0.3, 0.4) is 0 Å². The molecule has 0 bridgehead atoms. The van der Waals surface area contributed by atoms with Gasteiger partial charge in [0.1, 0.15) is 0 Å². The molecule has 0 saturated heterocycles. The Morgan fingerprint density at radius 3 is 2.75 bits per heavy atom. The van der Waals surface area contributed by atoms with E-state index in [0.717, 1.165) is 10.6 Å². The zero-order valence-corrected chi connectivity index (χ0v) is 12.7. The van der Waals surface area contributed by atoms with Crippen LogP contribution in [0.4, 0.5) is 5.13 Å². The Balaban J connectivity index is 2.20. The van der Waals surface area contributed by atoms with Gasteiger partial charge in [-0.3, -0.25) is 10.1 Å². The fourth-order valence-electron chi connectivity index (χ4n) is 1.59. The fraction of sp³-hybridized carbons (Fsp3) is 0.357. The van der Waals surface area contributed by atoms with Crippen LogP contribution in [0.2, 0.25) is 0 Å². The molecule has 0 aliphatic heterocycles. The van der Waals surface area contributed by atoms with Crippen molar-refractivity contribution in [1.29, 1.82) is 0 Å². The highest BCUT2D eigenvalue weighted by molar-refractivity contribution is 7.15. The van der Waals surface area contributed by atoms with E-state index in [0.29, 0.717) is 10.9 Å². The second kappa shape index (κ2) is 6.00. The molecule has 0 fully saturated rings. The number of pyridine rings is 1. The average Bonchev–Trinajstić information content (AvgIpc) is 2.68. The minimum Gasteiger partial charge on any atom is -0.489 e. The highest BCUT2D eigenvalue weighted by Crippen LogP contribution is 2.23. The Labute approximate surface area is 122 Å². The zero-order chi connectivity index (χ0) is 14.7. The van der Waals surface area contributed by atoms with Gasteiger partial charge in [-0.25, -0.2) is 9.97 Å². The third kappa shape index (κ3) is 3.33. The van der Waals surface area contributed by atoms with Gasteiger partial charge in [0.2, 0.25) is 0 Å². The number of hydrogen-bond acceptors (Lipinski definition) is 5. The molecule has 5 nitrogen and oxygen atoms in total. The molecular weight excluding hydrogens is 274 g/mol. The van der Waals surface area contributed by atoms with Crippen LogP contribution in [0.5, 0.6) is 5.75 Å². The number of carbonyl (C=O) groups is 1. The topological polar surface area (TPSA) is 64.1 Å². The number of aromatic nitrogens is 2. The van der Waals surface area contributed by atoms with Crippen molar-refractivity contribution < 1.29 is 9.53 Å². The van der Waals surface area contributed by atoms with Gasteiger partial charge in [-0.1, -0.05) is 0 Å². The van der Waals surface area contributed by atoms with E-state index >= 15 is 0 Å². The number of anilines is 1. The maximum atomic E-state index is 12.3. The molecule has 0 aromatic carbocycles. The average molecular weight is 291 g/mol. The third-order valence-corrected chi connectivity index (χ3v) is 3.59. The van der Waals surface area contributed by atoms with Crippen molar-refractivity contribution in [2.45, 2.75) is 33.8 Å². The summed E-state index contributed by atoms with van der Waals surface area (Å²) in [6.07, 6.45) is 1.55. The largest absolute Gasteiger partial charge is 0.489 e. The molecule has 2 aromatic rings. The monoisotopic (exact) mass is 291 g/mol. The Hall–Kier alpha value is -1.95. The van der Waals surface area contributed by atoms with Crippen molar-refractivity contribution in [3.05, 3.63) is 34.6 Å². The van der Waals surface area contributed by atoms with Crippen molar-refractivity contribution in [1.82, 2.24) is 9.97 Å². The van der Waals surface area contributed by atoms with Gasteiger partial charge in [-0.15, -0.1) is 11.3 Å². The van der Waals surface area contributed by atoms with Crippen LogP contribution in [0, 0.1) is 13.8 Å². The lowest BCUT2D eigenvalue weighted by atomic mass is 10.3. The van der Waals surface area contributed by atoms with E-state index in [-0.39, 0.29) is 17.7 Å². The van der Waals surface area contributed by atoms with Crippen LogP contribution < -0.4 is 10.1 Å². The number of aryl methyl sites for hydroxylation is 2. The molecule has 0 unspecified atom stereocenters. The SMILES string of the molecule is Cc1nc(NC(=O)c2ncccc2OC(C)C)sc1C. The maximum absolute atomic E-state index is 12.3. The molecular formula is C14H17N3O2S. The van der Waals surface area contributed by atoms with Gasteiger partial charge in [-0.2, -0.15) is 0 Å². The Kier molecular flexibility index (Phi) is 4.34. The Morgan fingerprint density at radius 1 is 1.40 bits per heavy atom. The van der Waals surface area contributed by atoms with Crippen molar-refractivity contribution in [2.24, 2.45) is 0 Å².